The molecule has 0 unspecified atom stereocenters. The van der Waals surface area contributed by atoms with Gasteiger partial charge in [0, 0.05) is 34.1 Å². The van der Waals surface area contributed by atoms with E-state index in [1.54, 1.807) is 0 Å². The highest BCUT2D eigenvalue weighted by Gasteiger charge is 2.15. The number of sulfonamides is 1. The van der Waals surface area contributed by atoms with Crippen molar-refractivity contribution in [3.63, 3.8) is 0 Å². The molecule has 3 aromatic rings. The van der Waals surface area contributed by atoms with Crippen LogP contribution in [0.3, 0.4) is 0 Å². The Morgan fingerprint density at radius 2 is 1.59 bits per heavy atom. The molecule has 29 heavy (non-hydrogen) atoms. The summed E-state index contributed by atoms with van der Waals surface area (Å²) in [4.78, 5) is 22.7. The van der Waals surface area contributed by atoms with Crippen LogP contribution in [0.2, 0.25) is 5.02 Å². The molecular weight excluding hydrogens is 418 g/mol. The van der Waals surface area contributed by atoms with E-state index in [1.165, 1.54) is 72.8 Å². The van der Waals surface area contributed by atoms with Crippen LogP contribution in [0.1, 0.15) is 10.4 Å². The molecule has 0 radical (unpaired) electrons. The second kappa shape index (κ2) is 8.29. The first-order valence-electron chi connectivity index (χ1n) is 8.19. The lowest BCUT2D eigenvalue weighted by Gasteiger charge is -2.10. The van der Waals surface area contributed by atoms with Crippen molar-refractivity contribution in [2.75, 3.05) is 10.0 Å². The van der Waals surface area contributed by atoms with Crippen molar-refractivity contribution in [3.8, 4) is 0 Å². The lowest BCUT2D eigenvalue weighted by atomic mass is 10.2. The molecule has 0 spiro atoms. The normalized spacial score (nSPS) is 10.9. The number of nitro groups is 1. The molecule has 0 fully saturated rings. The van der Waals surface area contributed by atoms with Gasteiger partial charge in [0.15, 0.2) is 0 Å². The third-order valence-corrected chi connectivity index (χ3v) is 5.46. The molecule has 0 aromatic heterocycles. The standard InChI is InChI=1S/C19H14ClN3O5S/c20-14-7-9-18(10-8-14)29(27,28)22-16-5-1-3-13(11-16)19(24)21-15-4-2-6-17(12-15)23(25)26/h1-12,22H,(H,21,24). The van der Waals surface area contributed by atoms with E-state index in [1.807, 2.05) is 0 Å². The second-order valence-corrected chi connectivity index (χ2v) is 8.02. The average molecular weight is 432 g/mol. The fourth-order valence-corrected chi connectivity index (χ4v) is 3.63. The van der Waals surface area contributed by atoms with Gasteiger partial charge in [-0.25, -0.2) is 8.42 Å². The zero-order valence-electron chi connectivity index (χ0n) is 14.7. The van der Waals surface area contributed by atoms with Crippen LogP contribution in [0, 0.1) is 10.1 Å². The highest BCUT2D eigenvalue weighted by Crippen LogP contribution is 2.21. The number of nitrogens with one attached hydrogen (secondary N) is 2. The van der Waals surface area contributed by atoms with Crippen molar-refractivity contribution >= 4 is 44.6 Å². The number of anilines is 2. The summed E-state index contributed by atoms with van der Waals surface area (Å²) >= 11 is 5.77. The Labute approximate surface area is 171 Å². The minimum Gasteiger partial charge on any atom is -0.322 e. The summed E-state index contributed by atoms with van der Waals surface area (Å²) in [5, 5.41) is 13.8. The van der Waals surface area contributed by atoms with Crippen LogP contribution >= 0.6 is 11.6 Å². The monoisotopic (exact) mass is 431 g/mol. The van der Waals surface area contributed by atoms with E-state index < -0.39 is 20.9 Å². The van der Waals surface area contributed by atoms with Gasteiger partial charge in [0.1, 0.15) is 0 Å². The molecule has 0 saturated carbocycles. The number of non-ortho nitro benzene ring substituents is 1. The molecule has 0 atom stereocenters. The Bertz CT molecular complexity index is 1180. The Hall–Kier alpha value is -3.43. The number of carbonyl (C=O) groups is 1. The van der Waals surface area contributed by atoms with Crippen LogP contribution in [0.5, 0.6) is 0 Å². The Morgan fingerprint density at radius 1 is 0.931 bits per heavy atom. The van der Waals surface area contributed by atoms with Crippen LogP contribution in [0.25, 0.3) is 0 Å². The number of amides is 1. The summed E-state index contributed by atoms with van der Waals surface area (Å²) in [6, 6.07) is 17.0. The van der Waals surface area contributed by atoms with Crippen molar-refractivity contribution < 1.29 is 18.1 Å². The molecule has 8 nitrogen and oxygen atoms in total. The molecule has 3 rings (SSSR count). The largest absolute Gasteiger partial charge is 0.322 e. The molecule has 1 amide bonds. The molecule has 148 valence electrons. The van der Waals surface area contributed by atoms with E-state index >= 15 is 0 Å². The van der Waals surface area contributed by atoms with Gasteiger partial charge < -0.3 is 5.32 Å². The predicted octanol–water partition coefficient (Wildman–Crippen LogP) is 4.30. The number of nitrogens with zero attached hydrogens (tertiary/aromatic N) is 1. The molecule has 3 aromatic carbocycles. The summed E-state index contributed by atoms with van der Waals surface area (Å²) in [7, 11) is -3.86. The van der Waals surface area contributed by atoms with E-state index in [0.717, 1.165) is 0 Å². The van der Waals surface area contributed by atoms with Crippen molar-refractivity contribution in [3.05, 3.63) is 93.5 Å². The van der Waals surface area contributed by atoms with Crippen LogP contribution in [0.15, 0.2) is 77.7 Å². The summed E-state index contributed by atoms with van der Waals surface area (Å²) in [5.41, 5.74) is 0.447. The molecule has 0 bridgehead atoms. The number of nitro benzene ring substituents is 1. The van der Waals surface area contributed by atoms with Gasteiger partial charge in [0.25, 0.3) is 21.6 Å². The van der Waals surface area contributed by atoms with Crippen LogP contribution < -0.4 is 10.0 Å². The van der Waals surface area contributed by atoms with Gasteiger partial charge >= 0.3 is 0 Å². The Morgan fingerprint density at radius 3 is 2.28 bits per heavy atom. The lowest BCUT2D eigenvalue weighted by molar-refractivity contribution is -0.384. The molecule has 10 heteroatoms. The molecule has 0 heterocycles. The van der Waals surface area contributed by atoms with Gasteiger partial charge in [0.05, 0.1) is 9.82 Å². The first-order valence-corrected chi connectivity index (χ1v) is 10.0. The lowest BCUT2D eigenvalue weighted by Crippen LogP contribution is -2.15. The molecule has 0 aliphatic heterocycles. The zero-order valence-corrected chi connectivity index (χ0v) is 16.3. The fraction of sp³-hybridized carbons (Fsp3) is 0. The quantitative estimate of drug-likeness (QED) is 0.445. The first kappa shape index (κ1) is 20.3. The molecule has 0 aliphatic rings. The smallest absolute Gasteiger partial charge is 0.271 e. The minimum atomic E-state index is -3.86. The van der Waals surface area contributed by atoms with Gasteiger partial charge in [-0.3, -0.25) is 19.6 Å². The highest BCUT2D eigenvalue weighted by molar-refractivity contribution is 7.92. The fourth-order valence-electron chi connectivity index (χ4n) is 2.45. The topological polar surface area (TPSA) is 118 Å². The third kappa shape index (κ3) is 5.09. The number of hydrogen-bond donors (Lipinski definition) is 2. The number of halogens is 1. The van der Waals surface area contributed by atoms with Gasteiger partial charge in [-0.1, -0.05) is 23.7 Å². The molecule has 0 aliphatic carbocycles. The predicted molar refractivity (Wildman–Crippen MR) is 110 cm³/mol. The van der Waals surface area contributed by atoms with Gasteiger partial charge in [0.2, 0.25) is 0 Å². The average Bonchev–Trinajstić information content (AvgIpc) is 2.68. The number of carbonyl (C=O) groups excluding carboxylic acids is 1. The molecule has 2 N–H and O–H groups in total. The minimum absolute atomic E-state index is 0.0216. The summed E-state index contributed by atoms with van der Waals surface area (Å²) in [6.07, 6.45) is 0. The Kier molecular flexibility index (Phi) is 5.81. The Balaban J connectivity index is 1.78. The SMILES string of the molecule is O=C(Nc1cccc([N+](=O)[O-])c1)c1cccc(NS(=O)(=O)c2ccc(Cl)cc2)c1. The summed E-state index contributed by atoms with van der Waals surface area (Å²) in [6.45, 7) is 0. The third-order valence-electron chi connectivity index (χ3n) is 3.82. The second-order valence-electron chi connectivity index (χ2n) is 5.90. The maximum atomic E-state index is 12.5. The molecular formula is C19H14ClN3O5S. The van der Waals surface area contributed by atoms with Gasteiger partial charge in [-0.05, 0) is 48.5 Å². The van der Waals surface area contributed by atoms with E-state index in [0.29, 0.717) is 5.02 Å². The van der Waals surface area contributed by atoms with E-state index in [9.17, 15) is 23.3 Å². The van der Waals surface area contributed by atoms with Crippen molar-refractivity contribution in [1.82, 2.24) is 0 Å². The number of rotatable bonds is 6. The van der Waals surface area contributed by atoms with Gasteiger partial charge in [-0.15, -0.1) is 0 Å². The number of benzene rings is 3. The number of hydrogen-bond acceptors (Lipinski definition) is 5. The van der Waals surface area contributed by atoms with Crippen LogP contribution in [0.4, 0.5) is 17.1 Å². The van der Waals surface area contributed by atoms with Crippen molar-refractivity contribution in [2.24, 2.45) is 0 Å². The van der Waals surface area contributed by atoms with Crippen LogP contribution in [-0.4, -0.2) is 19.2 Å². The van der Waals surface area contributed by atoms with Crippen molar-refractivity contribution in [1.29, 1.82) is 0 Å². The van der Waals surface area contributed by atoms with Gasteiger partial charge in [-0.2, -0.15) is 0 Å². The molecule has 0 saturated heterocycles. The van der Waals surface area contributed by atoms with Crippen molar-refractivity contribution in [2.45, 2.75) is 4.90 Å². The highest BCUT2D eigenvalue weighted by atomic mass is 35.5. The summed E-state index contributed by atoms with van der Waals surface area (Å²) in [5.74, 6) is -0.543. The maximum absolute atomic E-state index is 12.5. The van der Waals surface area contributed by atoms with E-state index in [4.69, 9.17) is 11.6 Å². The summed E-state index contributed by atoms with van der Waals surface area (Å²) < 4.78 is 27.3. The van der Waals surface area contributed by atoms with Crippen LogP contribution in [-0.2, 0) is 10.0 Å². The van der Waals surface area contributed by atoms with E-state index in [-0.39, 0.29) is 27.5 Å². The first-order chi connectivity index (χ1) is 13.7. The zero-order chi connectivity index (χ0) is 21.0. The maximum Gasteiger partial charge on any atom is 0.271 e. The van der Waals surface area contributed by atoms with E-state index in [2.05, 4.69) is 10.0 Å².